The fraction of sp³-hybridized carbons (Fsp3) is 0.379. The summed E-state index contributed by atoms with van der Waals surface area (Å²) in [5.74, 6) is -0.547. The summed E-state index contributed by atoms with van der Waals surface area (Å²) < 4.78 is 0. The molecule has 0 N–H and O–H groups in total. The summed E-state index contributed by atoms with van der Waals surface area (Å²) in [4.78, 5) is 49.9. The summed E-state index contributed by atoms with van der Waals surface area (Å²) in [6, 6.07) is 15.6. The molecule has 192 valence electrons. The van der Waals surface area contributed by atoms with E-state index in [2.05, 4.69) is 28.9 Å². The van der Waals surface area contributed by atoms with E-state index < -0.39 is 0 Å². The molecule has 2 aliphatic rings. The van der Waals surface area contributed by atoms with Crippen molar-refractivity contribution in [2.24, 2.45) is 5.92 Å². The molecule has 8 heteroatoms. The Labute approximate surface area is 221 Å². The second-order valence-corrected chi connectivity index (χ2v) is 10.7. The maximum Gasteiger partial charge on any atom is 0.264 e. The number of anilines is 1. The van der Waals surface area contributed by atoms with Gasteiger partial charge in [0.2, 0.25) is 5.91 Å². The topological polar surface area (TPSA) is 73.8 Å². The molecule has 2 aromatic carbocycles. The molecule has 1 fully saturated rings. The number of carbonyl (C=O) groups is 3. The van der Waals surface area contributed by atoms with Crippen LogP contribution >= 0.6 is 11.3 Å². The minimum absolute atomic E-state index is 0.149. The Morgan fingerprint density at radius 1 is 1.11 bits per heavy atom. The van der Waals surface area contributed by atoms with E-state index in [-0.39, 0.29) is 30.2 Å². The number of hydrogen-bond acceptors (Lipinski definition) is 6. The molecule has 0 unspecified atom stereocenters. The van der Waals surface area contributed by atoms with E-state index in [1.54, 1.807) is 12.3 Å². The molecule has 0 radical (unpaired) electrons. The quantitative estimate of drug-likeness (QED) is 0.375. The zero-order valence-electron chi connectivity index (χ0n) is 21.1. The molecule has 3 amide bonds. The average molecular weight is 517 g/mol. The van der Waals surface area contributed by atoms with Crippen molar-refractivity contribution in [1.82, 2.24) is 14.8 Å². The van der Waals surface area contributed by atoms with Gasteiger partial charge >= 0.3 is 0 Å². The summed E-state index contributed by atoms with van der Waals surface area (Å²) in [5, 5.41) is 2.57. The normalized spacial score (nSPS) is 17.3. The molecule has 0 bridgehead atoms. The number of aromatic nitrogens is 1. The van der Waals surface area contributed by atoms with Crippen LogP contribution in [0.2, 0.25) is 0 Å². The van der Waals surface area contributed by atoms with E-state index >= 15 is 0 Å². The highest BCUT2D eigenvalue weighted by molar-refractivity contribution is 7.09. The third kappa shape index (κ3) is 5.30. The second kappa shape index (κ2) is 11.3. The van der Waals surface area contributed by atoms with Gasteiger partial charge in [-0.2, -0.15) is 0 Å². The van der Waals surface area contributed by atoms with Gasteiger partial charge in [0.25, 0.3) is 11.8 Å². The van der Waals surface area contributed by atoms with E-state index in [1.807, 2.05) is 40.6 Å². The van der Waals surface area contributed by atoms with E-state index in [9.17, 15) is 14.4 Å². The van der Waals surface area contributed by atoms with Gasteiger partial charge in [0, 0.05) is 37.8 Å². The van der Waals surface area contributed by atoms with Crippen molar-refractivity contribution < 1.29 is 14.4 Å². The lowest BCUT2D eigenvalue weighted by atomic mass is 9.94. The van der Waals surface area contributed by atoms with Crippen LogP contribution in [0.1, 0.15) is 63.9 Å². The maximum absolute atomic E-state index is 13.7. The Hall–Kier alpha value is -3.52. The SMILES string of the molecule is CCCCN(Cc1ccccc1)C(=O)[C@@H]1CCCN(c2cccc3c2C(=O)N(Cc2nccs2)C3=O)C1. The van der Waals surface area contributed by atoms with Gasteiger partial charge in [0.1, 0.15) is 5.01 Å². The van der Waals surface area contributed by atoms with Crippen LogP contribution in [0.25, 0.3) is 0 Å². The van der Waals surface area contributed by atoms with Crippen LogP contribution in [0.3, 0.4) is 0 Å². The van der Waals surface area contributed by atoms with Crippen molar-refractivity contribution >= 4 is 34.7 Å². The number of piperidine rings is 1. The maximum atomic E-state index is 13.7. The highest BCUT2D eigenvalue weighted by atomic mass is 32.1. The first-order chi connectivity index (χ1) is 18.1. The molecule has 1 aromatic heterocycles. The number of fused-ring (bicyclic) bond motifs is 1. The highest BCUT2D eigenvalue weighted by Gasteiger charge is 2.40. The van der Waals surface area contributed by atoms with Crippen LogP contribution in [0, 0.1) is 5.92 Å². The molecule has 0 saturated carbocycles. The predicted octanol–water partition coefficient (Wildman–Crippen LogP) is 4.98. The third-order valence-electron chi connectivity index (χ3n) is 7.17. The van der Waals surface area contributed by atoms with Gasteiger partial charge in [-0.1, -0.05) is 49.7 Å². The van der Waals surface area contributed by atoms with Crippen LogP contribution in [0.4, 0.5) is 5.69 Å². The zero-order chi connectivity index (χ0) is 25.8. The first kappa shape index (κ1) is 25.1. The number of amides is 3. The standard InChI is InChI=1S/C29H32N4O3S/c1-2-3-15-32(18-21-9-5-4-6-10-21)27(34)22-11-8-16-31(19-22)24-13-7-12-23-26(24)29(36)33(28(23)35)20-25-30-14-17-37-25/h4-7,9-10,12-14,17,22H,2-3,8,11,15-16,18-20H2,1H3/t22-/m1/s1. The summed E-state index contributed by atoms with van der Waals surface area (Å²) in [6.45, 7) is 4.95. The van der Waals surface area contributed by atoms with Crippen molar-refractivity contribution in [1.29, 1.82) is 0 Å². The van der Waals surface area contributed by atoms with Gasteiger partial charge in [0.15, 0.2) is 0 Å². The number of rotatable bonds is 9. The van der Waals surface area contributed by atoms with E-state index in [4.69, 9.17) is 0 Å². The number of thiazole rings is 1. The van der Waals surface area contributed by atoms with E-state index in [0.717, 1.165) is 55.0 Å². The van der Waals surface area contributed by atoms with Crippen molar-refractivity contribution in [2.75, 3.05) is 24.5 Å². The Balaban J connectivity index is 1.35. The number of hydrogen-bond donors (Lipinski definition) is 0. The molecule has 0 aliphatic carbocycles. The van der Waals surface area contributed by atoms with E-state index in [0.29, 0.717) is 24.2 Å². The van der Waals surface area contributed by atoms with Crippen molar-refractivity contribution in [3.8, 4) is 0 Å². The van der Waals surface area contributed by atoms with Gasteiger partial charge in [-0.05, 0) is 37.0 Å². The first-order valence-corrected chi connectivity index (χ1v) is 13.9. The summed E-state index contributed by atoms with van der Waals surface area (Å²) in [5.41, 5.74) is 2.76. The fourth-order valence-electron chi connectivity index (χ4n) is 5.26. The van der Waals surface area contributed by atoms with Crippen LogP contribution in [0.5, 0.6) is 0 Å². The van der Waals surface area contributed by atoms with Gasteiger partial charge in [-0.15, -0.1) is 11.3 Å². The molecule has 1 atom stereocenters. The van der Waals surface area contributed by atoms with Crippen molar-refractivity contribution in [3.63, 3.8) is 0 Å². The number of carbonyl (C=O) groups excluding carboxylic acids is 3. The van der Waals surface area contributed by atoms with Crippen LogP contribution in [-0.2, 0) is 17.9 Å². The number of nitrogens with zero attached hydrogens (tertiary/aromatic N) is 4. The molecule has 7 nitrogen and oxygen atoms in total. The molecular formula is C29H32N4O3S. The first-order valence-electron chi connectivity index (χ1n) is 13.0. The summed E-state index contributed by atoms with van der Waals surface area (Å²) in [6.07, 6.45) is 5.35. The average Bonchev–Trinajstić information content (AvgIpc) is 3.54. The lowest BCUT2D eigenvalue weighted by molar-refractivity contribution is -0.136. The second-order valence-electron chi connectivity index (χ2n) is 9.71. The van der Waals surface area contributed by atoms with Gasteiger partial charge in [0.05, 0.1) is 29.3 Å². The van der Waals surface area contributed by atoms with Crippen LogP contribution in [0.15, 0.2) is 60.1 Å². The molecule has 5 rings (SSSR count). The Morgan fingerprint density at radius 3 is 2.70 bits per heavy atom. The highest BCUT2D eigenvalue weighted by Crippen LogP contribution is 2.35. The van der Waals surface area contributed by atoms with Crippen LogP contribution < -0.4 is 4.90 Å². The van der Waals surface area contributed by atoms with Crippen LogP contribution in [-0.4, -0.2) is 52.1 Å². The number of benzene rings is 2. The molecule has 3 aromatic rings. The molecule has 37 heavy (non-hydrogen) atoms. The Kier molecular flexibility index (Phi) is 7.65. The number of unbranched alkanes of at least 4 members (excludes halogenated alkanes) is 1. The van der Waals surface area contributed by atoms with Gasteiger partial charge in [-0.25, -0.2) is 4.98 Å². The molecule has 1 saturated heterocycles. The monoisotopic (exact) mass is 516 g/mol. The number of imide groups is 1. The summed E-state index contributed by atoms with van der Waals surface area (Å²) in [7, 11) is 0. The lowest BCUT2D eigenvalue weighted by Gasteiger charge is -2.37. The van der Waals surface area contributed by atoms with Gasteiger partial charge < -0.3 is 9.80 Å². The van der Waals surface area contributed by atoms with E-state index in [1.165, 1.54) is 16.2 Å². The largest absolute Gasteiger partial charge is 0.370 e. The Bertz CT molecular complexity index is 1260. The van der Waals surface area contributed by atoms with Gasteiger partial charge in [-0.3, -0.25) is 19.3 Å². The molecular weight excluding hydrogens is 484 g/mol. The van der Waals surface area contributed by atoms with Crippen molar-refractivity contribution in [3.05, 3.63) is 81.8 Å². The third-order valence-corrected chi connectivity index (χ3v) is 7.94. The minimum atomic E-state index is -0.284. The molecule has 0 spiro atoms. The van der Waals surface area contributed by atoms with Crippen molar-refractivity contribution in [2.45, 2.75) is 45.7 Å². The zero-order valence-corrected chi connectivity index (χ0v) is 22.0. The Morgan fingerprint density at radius 2 is 1.95 bits per heavy atom. The lowest BCUT2D eigenvalue weighted by Crippen LogP contribution is -2.45. The smallest absolute Gasteiger partial charge is 0.264 e. The fourth-order valence-corrected chi connectivity index (χ4v) is 5.87. The molecule has 3 heterocycles. The predicted molar refractivity (Wildman–Crippen MR) is 144 cm³/mol. The summed E-state index contributed by atoms with van der Waals surface area (Å²) >= 11 is 1.43. The molecule has 2 aliphatic heterocycles. The minimum Gasteiger partial charge on any atom is -0.370 e.